The van der Waals surface area contributed by atoms with E-state index in [1.807, 2.05) is 5.01 Å². The zero-order chi connectivity index (χ0) is 14.0. The molecule has 18 heavy (non-hydrogen) atoms. The van der Waals surface area contributed by atoms with Gasteiger partial charge in [-0.25, -0.2) is 10.0 Å². The first-order valence-corrected chi connectivity index (χ1v) is 6.90. The Bertz CT molecular complexity index is 250. The van der Waals surface area contributed by atoms with Gasteiger partial charge in [0, 0.05) is 30.2 Å². The first-order valence-electron chi connectivity index (χ1n) is 6.90. The maximum Gasteiger partial charge on any atom is 0.0570 e. The quantitative estimate of drug-likeness (QED) is 0.500. The van der Waals surface area contributed by atoms with E-state index >= 15 is 0 Å². The summed E-state index contributed by atoms with van der Waals surface area (Å²) in [5, 5.41) is 13.2. The third kappa shape index (κ3) is 3.42. The zero-order valence-corrected chi connectivity index (χ0v) is 12.5. The van der Waals surface area contributed by atoms with Crippen LogP contribution >= 0.6 is 0 Å². The molecule has 0 atom stereocenters. The summed E-state index contributed by atoms with van der Waals surface area (Å²) >= 11 is 0. The van der Waals surface area contributed by atoms with E-state index in [1.165, 1.54) is 0 Å². The van der Waals surface area contributed by atoms with Crippen molar-refractivity contribution in [2.75, 3.05) is 19.7 Å². The standard InChI is InChI=1S/C13H30N4O/c1-6-16(15-7-8-18)11-9-12(2,3)17(14)13(4,5)10-11/h11,15,18H,6-10,14H2,1-5H3. The number of aliphatic hydroxyl groups is 1. The highest BCUT2D eigenvalue weighted by Crippen LogP contribution is 2.37. The Hall–Kier alpha value is -0.200. The Morgan fingerprint density at radius 2 is 1.78 bits per heavy atom. The molecule has 1 heterocycles. The molecule has 1 rings (SSSR count). The van der Waals surface area contributed by atoms with Crippen molar-refractivity contribution in [2.24, 2.45) is 5.84 Å². The lowest BCUT2D eigenvalue weighted by atomic mass is 9.78. The van der Waals surface area contributed by atoms with Crippen molar-refractivity contribution in [1.29, 1.82) is 0 Å². The lowest BCUT2D eigenvalue weighted by Crippen LogP contribution is -2.68. The summed E-state index contributed by atoms with van der Waals surface area (Å²) in [4.78, 5) is 0. The highest BCUT2D eigenvalue weighted by atomic mass is 16.3. The number of nitrogens with zero attached hydrogens (tertiary/aromatic N) is 2. The van der Waals surface area contributed by atoms with Gasteiger partial charge in [0.05, 0.1) is 6.61 Å². The van der Waals surface area contributed by atoms with Gasteiger partial charge in [0.25, 0.3) is 0 Å². The number of rotatable bonds is 5. The molecule has 1 fully saturated rings. The molecule has 0 radical (unpaired) electrons. The Morgan fingerprint density at radius 3 is 2.17 bits per heavy atom. The summed E-state index contributed by atoms with van der Waals surface area (Å²) in [5.74, 6) is 6.25. The Kier molecular flexibility index (Phi) is 5.14. The normalized spacial score (nSPS) is 24.7. The van der Waals surface area contributed by atoms with E-state index in [-0.39, 0.29) is 17.7 Å². The second kappa shape index (κ2) is 5.84. The first kappa shape index (κ1) is 15.9. The Morgan fingerprint density at radius 1 is 1.28 bits per heavy atom. The molecule has 0 bridgehead atoms. The molecule has 0 aliphatic carbocycles. The van der Waals surface area contributed by atoms with Gasteiger partial charge in [-0.3, -0.25) is 11.3 Å². The molecule has 1 aliphatic rings. The number of aliphatic hydroxyl groups excluding tert-OH is 1. The van der Waals surface area contributed by atoms with E-state index in [9.17, 15) is 0 Å². The van der Waals surface area contributed by atoms with E-state index in [0.29, 0.717) is 12.6 Å². The van der Waals surface area contributed by atoms with Gasteiger partial charge in [-0.1, -0.05) is 6.92 Å². The van der Waals surface area contributed by atoms with Crippen LogP contribution in [0.2, 0.25) is 0 Å². The minimum atomic E-state index is -0.0132. The van der Waals surface area contributed by atoms with E-state index in [1.54, 1.807) is 0 Å². The van der Waals surface area contributed by atoms with E-state index < -0.39 is 0 Å². The van der Waals surface area contributed by atoms with Crippen molar-refractivity contribution in [2.45, 2.75) is 64.6 Å². The summed E-state index contributed by atoms with van der Waals surface area (Å²) in [6.45, 7) is 12.6. The SMILES string of the molecule is CCN(NCCO)C1CC(C)(C)N(N)C(C)(C)C1. The molecule has 108 valence electrons. The molecule has 0 aromatic heterocycles. The second-order valence-corrected chi connectivity index (χ2v) is 6.47. The Balaban J connectivity index is 2.78. The molecule has 0 unspecified atom stereocenters. The summed E-state index contributed by atoms with van der Waals surface area (Å²) < 4.78 is 0. The van der Waals surface area contributed by atoms with Crippen LogP contribution in [0, 0.1) is 0 Å². The fraction of sp³-hybridized carbons (Fsp3) is 1.00. The van der Waals surface area contributed by atoms with Gasteiger partial charge in [0.15, 0.2) is 0 Å². The predicted molar refractivity (Wildman–Crippen MR) is 74.7 cm³/mol. The molecule has 0 aromatic carbocycles. The van der Waals surface area contributed by atoms with Crippen molar-refractivity contribution in [3.63, 3.8) is 0 Å². The second-order valence-electron chi connectivity index (χ2n) is 6.47. The molecule has 5 heteroatoms. The molecule has 0 saturated carbocycles. The Labute approximate surface area is 111 Å². The van der Waals surface area contributed by atoms with Crippen molar-refractivity contribution in [1.82, 2.24) is 15.4 Å². The molecule has 5 nitrogen and oxygen atoms in total. The van der Waals surface area contributed by atoms with Crippen LogP contribution in [0.25, 0.3) is 0 Å². The minimum absolute atomic E-state index is 0.0132. The van der Waals surface area contributed by atoms with Crippen molar-refractivity contribution in [3.05, 3.63) is 0 Å². The van der Waals surface area contributed by atoms with Crippen LogP contribution in [0.1, 0.15) is 47.5 Å². The number of hydrazine groups is 2. The monoisotopic (exact) mass is 258 g/mol. The van der Waals surface area contributed by atoms with E-state index in [2.05, 4.69) is 45.1 Å². The van der Waals surface area contributed by atoms with Crippen molar-refractivity contribution >= 4 is 0 Å². The number of nitrogens with two attached hydrogens (primary N) is 1. The highest BCUT2D eigenvalue weighted by molar-refractivity contribution is 5.00. The summed E-state index contributed by atoms with van der Waals surface area (Å²) in [6, 6.07) is 0.450. The van der Waals surface area contributed by atoms with Gasteiger partial charge in [-0.15, -0.1) is 0 Å². The third-order valence-electron chi connectivity index (χ3n) is 3.98. The van der Waals surface area contributed by atoms with Gasteiger partial charge in [0.2, 0.25) is 0 Å². The fourth-order valence-electron chi connectivity index (χ4n) is 3.15. The van der Waals surface area contributed by atoms with Gasteiger partial charge < -0.3 is 5.11 Å². The van der Waals surface area contributed by atoms with Crippen LogP contribution in [-0.4, -0.2) is 51.9 Å². The minimum Gasteiger partial charge on any atom is -0.395 e. The lowest BCUT2D eigenvalue weighted by molar-refractivity contribution is -0.0765. The number of hydrogen-bond donors (Lipinski definition) is 3. The third-order valence-corrected chi connectivity index (χ3v) is 3.98. The summed E-state index contributed by atoms with van der Waals surface area (Å²) in [5.41, 5.74) is 3.28. The van der Waals surface area contributed by atoms with Gasteiger partial charge >= 0.3 is 0 Å². The average Bonchev–Trinajstić information content (AvgIpc) is 2.26. The molecule has 1 aliphatic heterocycles. The van der Waals surface area contributed by atoms with Crippen LogP contribution in [0.4, 0.5) is 0 Å². The molecule has 0 aromatic rings. The maximum absolute atomic E-state index is 8.94. The van der Waals surface area contributed by atoms with Crippen LogP contribution < -0.4 is 11.3 Å². The van der Waals surface area contributed by atoms with Crippen LogP contribution in [0.5, 0.6) is 0 Å². The van der Waals surface area contributed by atoms with Crippen LogP contribution in [0.15, 0.2) is 0 Å². The van der Waals surface area contributed by atoms with Crippen LogP contribution in [-0.2, 0) is 0 Å². The topological polar surface area (TPSA) is 64.8 Å². The first-order chi connectivity index (χ1) is 8.24. The summed E-state index contributed by atoms with van der Waals surface area (Å²) in [7, 11) is 0. The molecular formula is C13H30N4O. The number of nitrogens with one attached hydrogen (secondary N) is 1. The van der Waals surface area contributed by atoms with Crippen molar-refractivity contribution < 1.29 is 5.11 Å². The largest absolute Gasteiger partial charge is 0.395 e. The number of piperidine rings is 1. The predicted octanol–water partition coefficient (Wildman–Crippen LogP) is 0.701. The molecule has 0 amide bonds. The van der Waals surface area contributed by atoms with E-state index in [4.69, 9.17) is 10.9 Å². The number of hydrogen-bond acceptors (Lipinski definition) is 5. The van der Waals surface area contributed by atoms with Gasteiger partial charge in [-0.2, -0.15) is 0 Å². The van der Waals surface area contributed by atoms with Gasteiger partial charge in [0.1, 0.15) is 0 Å². The fourth-order valence-corrected chi connectivity index (χ4v) is 3.15. The highest BCUT2D eigenvalue weighted by Gasteiger charge is 2.45. The molecule has 0 spiro atoms. The van der Waals surface area contributed by atoms with Crippen LogP contribution in [0.3, 0.4) is 0 Å². The zero-order valence-electron chi connectivity index (χ0n) is 12.5. The molecule has 1 saturated heterocycles. The maximum atomic E-state index is 8.94. The summed E-state index contributed by atoms with van der Waals surface area (Å²) in [6.07, 6.45) is 2.05. The lowest BCUT2D eigenvalue weighted by Gasteiger charge is -2.54. The molecular weight excluding hydrogens is 228 g/mol. The van der Waals surface area contributed by atoms with Gasteiger partial charge in [-0.05, 0) is 40.5 Å². The average molecular weight is 258 g/mol. The van der Waals surface area contributed by atoms with E-state index in [0.717, 1.165) is 19.4 Å². The molecule has 4 N–H and O–H groups in total. The van der Waals surface area contributed by atoms with Crippen molar-refractivity contribution in [3.8, 4) is 0 Å². The smallest absolute Gasteiger partial charge is 0.0570 e.